The number of hydrogen-bond donors (Lipinski definition) is 1. The molecule has 0 spiro atoms. The number of amidine groups is 1. The van der Waals surface area contributed by atoms with Gasteiger partial charge in [0.15, 0.2) is 5.17 Å². The van der Waals surface area contributed by atoms with Crippen molar-refractivity contribution in [2.75, 3.05) is 13.1 Å². The van der Waals surface area contributed by atoms with Gasteiger partial charge in [0.05, 0.1) is 17.0 Å². The van der Waals surface area contributed by atoms with Crippen LogP contribution >= 0.6 is 11.8 Å². The molecule has 23 heavy (non-hydrogen) atoms. The molecule has 1 aromatic rings. The van der Waals surface area contributed by atoms with Crippen LogP contribution in [0.25, 0.3) is 0 Å². The smallest absolute Gasteiger partial charge is 0.347 e. The van der Waals surface area contributed by atoms with Gasteiger partial charge in [0.25, 0.3) is 5.91 Å². The standard InChI is InChI=1S/C15H14F3N3OS/c1-9-12(23-14-19-5-6-21(9)14)13(22)20-8-10-3-2-4-11(7-10)15(16,17)18/h2-4,7H,5-6,8H2,1H3,(H,20,22). The van der Waals surface area contributed by atoms with Crippen molar-refractivity contribution < 1.29 is 18.0 Å². The van der Waals surface area contributed by atoms with Gasteiger partial charge in [-0.15, -0.1) is 0 Å². The largest absolute Gasteiger partial charge is 0.416 e. The molecule has 0 aromatic heterocycles. The van der Waals surface area contributed by atoms with Crippen LogP contribution in [0.5, 0.6) is 0 Å². The molecular weight excluding hydrogens is 327 g/mol. The van der Waals surface area contributed by atoms with E-state index in [1.807, 2.05) is 11.8 Å². The highest BCUT2D eigenvalue weighted by molar-refractivity contribution is 8.18. The molecule has 0 aliphatic carbocycles. The summed E-state index contributed by atoms with van der Waals surface area (Å²) in [5.41, 5.74) is 0.532. The Balaban J connectivity index is 1.66. The predicted molar refractivity (Wildman–Crippen MR) is 82.6 cm³/mol. The van der Waals surface area contributed by atoms with Gasteiger partial charge in [-0.05, 0) is 36.4 Å². The molecule has 4 nitrogen and oxygen atoms in total. The van der Waals surface area contributed by atoms with Crippen molar-refractivity contribution in [2.24, 2.45) is 4.99 Å². The van der Waals surface area contributed by atoms with Gasteiger partial charge >= 0.3 is 6.18 Å². The maximum atomic E-state index is 12.7. The third-order valence-electron chi connectivity index (χ3n) is 3.64. The topological polar surface area (TPSA) is 44.7 Å². The number of aliphatic imine (C=N–C) groups is 1. The second kappa shape index (κ2) is 5.92. The summed E-state index contributed by atoms with van der Waals surface area (Å²) in [6.45, 7) is 3.38. The average Bonchev–Trinajstić information content (AvgIpc) is 3.08. The highest BCUT2D eigenvalue weighted by Crippen LogP contribution is 2.36. The lowest BCUT2D eigenvalue weighted by Crippen LogP contribution is -2.24. The van der Waals surface area contributed by atoms with Gasteiger partial charge in [-0.1, -0.05) is 12.1 Å². The molecule has 1 N–H and O–H groups in total. The molecule has 0 radical (unpaired) electrons. The first-order valence-corrected chi connectivity index (χ1v) is 7.83. The number of halogens is 3. The summed E-state index contributed by atoms with van der Waals surface area (Å²) in [7, 11) is 0. The van der Waals surface area contributed by atoms with Crippen LogP contribution in [0.15, 0.2) is 39.9 Å². The van der Waals surface area contributed by atoms with Crippen molar-refractivity contribution in [2.45, 2.75) is 19.6 Å². The maximum absolute atomic E-state index is 12.7. The average molecular weight is 341 g/mol. The lowest BCUT2D eigenvalue weighted by Gasteiger charge is -2.12. The first-order chi connectivity index (χ1) is 10.9. The number of amides is 1. The number of thioether (sulfide) groups is 1. The number of nitrogens with one attached hydrogen (secondary N) is 1. The summed E-state index contributed by atoms with van der Waals surface area (Å²) in [6.07, 6.45) is -4.39. The van der Waals surface area contributed by atoms with Crippen molar-refractivity contribution >= 4 is 22.8 Å². The SMILES string of the molecule is CC1=C(C(=O)NCc2cccc(C(F)(F)F)c2)SC2=NCCN21. The Morgan fingerprint density at radius 2 is 2.22 bits per heavy atom. The molecule has 2 aliphatic rings. The number of carbonyl (C=O) groups excluding carboxylic acids is 1. The van der Waals surface area contributed by atoms with Crippen LogP contribution in [0.2, 0.25) is 0 Å². The number of allylic oxidation sites excluding steroid dienone is 1. The molecule has 0 unspecified atom stereocenters. The molecule has 2 heterocycles. The van der Waals surface area contributed by atoms with Crippen molar-refractivity contribution in [3.63, 3.8) is 0 Å². The summed E-state index contributed by atoms with van der Waals surface area (Å²) < 4.78 is 38.0. The molecule has 0 saturated carbocycles. The quantitative estimate of drug-likeness (QED) is 0.919. The minimum atomic E-state index is -4.39. The summed E-state index contributed by atoms with van der Waals surface area (Å²) in [4.78, 5) is 19.1. The number of nitrogens with zero attached hydrogens (tertiary/aromatic N) is 2. The molecule has 0 fully saturated rings. The van der Waals surface area contributed by atoms with E-state index in [1.165, 1.54) is 17.8 Å². The lowest BCUT2D eigenvalue weighted by atomic mass is 10.1. The zero-order valence-electron chi connectivity index (χ0n) is 12.3. The van der Waals surface area contributed by atoms with Crippen LogP contribution in [0, 0.1) is 0 Å². The third-order valence-corrected chi connectivity index (χ3v) is 4.86. The van der Waals surface area contributed by atoms with Gasteiger partial charge in [0, 0.05) is 18.8 Å². The molecular formula is C15H14F3N3OS. The van der Waals surface area contributed by atoms with Gasteiger partial charge in [-0.3, -0.25) is 9.79 Å². The molecule has 8 heteroatoms. The second-order valence-electron chi connectivity index (χ2n) is 5.21. The number of hydrogen-bond acceptors (Lipinski definition) is 4. The summed E-state index contributed by atoms with van der Waals surface area (Å²) in [5.74, 6) is -0.290. The van der Waals surface area contributed by atoms with E-state index in [9.17, 15) is 18.0 Å². The Morgan fingerprint density at radius 3 is 2.91 bits per heavy atom. The highest BCUT2D eigenvalue weighted by atomic mass is 32.2. The minimum absolute atomic E-state index is 0.0482. The fourth-order valence-electron chi connectivity index (χ4n) is 2.44. The van der Waals surface area contributed by atoms with Gasteiger partial charge in [0.1, 0.15) is 0 Å². The van der Waals surface area contributed by atoms with Crippen LogP contribution in [0.4, 0.5) is 13.2 Å². The van der Waals surface area contributed by atoms with Crippen molar-refractivity contribution in [1.82, 2.24) is 10.2 Å². The molecule has 3 rings (SSSR count). The van der Waals surface area contributed by atoms with Crippen LogP contribution in [0.1, 0.15) is 18.1 Å². The molecule has 0 atom stereocenters. The molecule has 1 amide bonds. The lowest BCUT2D eigenvalue weighted by molar-refractivity contribution is -0.137. The Labute approximate surface area is 135 Å². The van der Waals surface area contributed by atoms with Crippen LogP contribution in [-0.4, -0.2) is 29.1 Å². The molecule has 0 bridgehead atoms. The Kier molecular flexibility index (Phi) is 4.09. The minimum Gasteiger partial charge on any atom is -0.347 e. The zero-order valence-corrected chi connectivity index (χ0v) is 13.1. The van der Waals surface area contributed by atoms with E-state index in [2.05, 4.69) is 10.3 Å². The van der Waals surface area contributed by atoms with E-state index in [1.54, 1.807) is 6.07 Å². The van der Waals surface area contributed by atoms with Crippen molar-refractivity contribution in [1.29, 1.82) is 0 Å². The maximum Gasteiger partial charge on any atom is 0.416 e. The Hall–Kier alpha value is -1.96. The number of carbonyl (C=O) groups is 1. The molecule has 1 aromatic carbocycles. The zero-order chi connectivity index (χ0) is 16.6. The second-order valence-corrected chi connectivity index (χ2v) is 6.19. The molecule has 2 aliphatic heterocycles. The fourth-order valence-corrected chi connectivity index (χ4v) is 3.54. The van der Waals surface area contributed by atoms with Crippen molar-refractivity contribution in [3.8, 4) is 0 Å². The van der Waals surface area contributed by atoms with Crippen LogP contribution < -0.4 is 5.32 Å². The third kappa shape index (κ3) is 3.21. The van der Waals surface area contributed by atoms with E-state index in [0.29, 0.717) is 10.5 Å². The van der Waals surface area contributed by atoms with Crippen LogP contribution in [0.3, 0.4) is 0 Å². The van der Waals surface area contributed by atoms with Gasteiger partial charge < -0.3 is 10.2 Å². The fraction of sp³-hybridized carbons (Fsp3) is 0.333. The Morgan fingerprint density at radius 1 is 1.43 bits per heavy atom. The normalized spacial score (nSPS) is 17.4. The molecule has 122 valence electrons. The van der Waals surface area contributed by atoms with Gasteiger partial charge in [-0.2, -0.15) is 13.2 Å². The summed E-state index contributed by atoms with van der Waals surface area (Å²) >= 11 is 1.30. The highest BCUT2D eigenvalue weighted by Gasteiger charge is 2.33. The van der Waals surface area contributed by atoms with Crippen molar-refractivity contribution in [3.05, 3.63) is 46.0 Å². The van der Waals surface area contributed by atoms with Crippen LogP contribution in [-0.2, 0) is 17.5 Å². The van der Waals surface area contributed by atoms with E-state index in [-0.39, 0.29) is 12.5 Å². The summed E-state index contributed by atoms with van der Waals surface area (Å²) in [6, 6.07) is 4.95. The number of alkyl halides is 3. The monoisotopic (exact) mass is 341 g/mol. The van der Waals surface area contributed by atoms with E-state index in [4.69, 9.17) is 0 Å². The number of benzene rings is 1. The first-order valence-electron chi connectivity index (χ1n) is 7.01. The summed E-state index contributed by atoms with van der Waals surface area (Å²) in [5, 5.41) is 3.48. The number of rotatable bonds is 3. The number of fused-ring (bicyclic) bond motifs is 1. The Bertz CT molecular complexity index is 712. The van der Waals surface area contributed by atoms with E-state index >= 15 is 0 Å². The molecule has 0 saturated heterocycles. The first kappa shape index (κ1) is 15.9. The van der Waals surface area contributed by atoms with E-state index in [0.717, 1.165) is 36.1 Å². The van der Waals surface area contributed by atoms with Gasteiger partial charge in [0.2, 0.25) is 0 Å². The predicted octanol–water partition coefficient (Wildman–Crippen LogP) is 2.97. The van der Waals surface area contributed by atoms with Gasteiger partial charge in [-0.25, -0.2) is 0 Å². The van der Waals surface area contributed by atoms with E-state index < -0.39 is 11.7 Å².